The van der Waals surface area contributed by atoms with Crippen LogP contribution in [0.4, 0.5) is 5.69 Å². The number of fused-ring (bicyclic) bond motifs is 1. The van der Waals surface area contributed by atoms with Crippen molar-refractivity contribution in [2.75, 3.05) is 38.0 Å². The summed E-state index contributed by atoms with van der Waals surface area (Å²) in [6, 6.07) is 19.8. The van der Waals surface area contributed by atoms with E-state index in [1.807, 2.05) is 49.4 Å². The Morgan fingerprint density at radius 1 is 0.931 bits per heavy atom. The first-order chi connectivity index (χ1) is 14.1. The van der Waals surface area contributed by atoms with Crippen molar-refractivity contribution in [2.24, 2.45) is 0 Å². The molecule has 2 N–H and O–H groups in total. The van der Waals surface area contributed by atoms with Crippen LogP contribution in [0.25, 0.3) is 10.8 Å². The van der Waals surface area contributed by atoms with Gasteiger partial charge in [0.05, 0.1) is 6.54 Å². The van der Waals surface area contributed by atoms with Crippen molar-refractivity contribution < 1.29 is 9.90 Å². The highest BCUT2D eigenvalue weighted by Gasteiger charge is 2.20. The number of carbonyl (C=O) groups is 1. The van der Waals surface area contributed by atoms with Gasteiger partial charge in [-0.1, -0.05) is 48.0 Å². The molecule has 0 aliphatic carbocycles. The summed E-state index contributed by atoms with van der Waals surface area (Å²) in [6.45, 7) is 6.58. The molecule has 1 aliphatic rings. The summed E-state index contributed by atoms with van der Waals surface area (Å²) in [7, 11) is 0. The van der Waals surface area contributed by atoms with Crippen molar-refractivity contribution >= 4 is 22.4 Å². The molecule has 29 heavy (non-hydrogen) atoms. The number of aromatic hydroxyl groups is 1. The second-order valence-corrected chi connectivity index (χ2v) is 7.75. The van der Waals surface area contributed by atoms with Gasteiger partial charge in [-0.3, -0.25) is 14.6 Å². The van der Waals surface area contributed by atoms with Gasteiger partial charge in [0.15, 0.2) is 0 Å². The summed E-state index contributed by atoms with van der Waals surface area (Å²) < 4.78 is 0. The minimum Gasteiger partial charge on any atom is -0.508 e. The maximum absolute atomic E-state index is 12.3. The lowest BCUT2D eigenvalue weighted by Gasteiger charge is -2.34. The summed E-state index contributed by atoms with van der Waals surface area (Å²) in [4.78, 5) is 16.9. The third kappa shape index (κ3) is 4.75. The zero-order valence-corrected chi connectivity index (χ0v) is 16.8. The molecule has 0 aromatic heterocycles. The highest BCUT2D eigenvalue weighted by atomic mass is 16.3. The zero-order chi connectivity index (χ0) is 20.2. The molecule has 0 spiro atoms. The molecule has 1 amide bonds. The number of amides is 1. The molecular weight excluding hydrogens is 362 g/mol. The minimum atomic E-state index is 0.0222. The number of phenols is 1. The highest BCUT2D eigenvalue weighted by molar-refractivity contribution is 5.92. The van der Waals surface area contributed by atoms with Gasteiger partial charge in [-0.25, -0.2) is 0 Å². The van der Waals surface area contributed by atoms with E-state index in [0.29, 0.717) is 12.3 Å². The Balaban J connectivity index is 1.31. The second kappa shape index (κ2) is 8.64. The van der Waals surface area contributed by atoms with Crippen LogP contribution >= 0.6 is 0 Å². The van der Waals surface area contributed by atoms with Gasteiger partial charge in [-0.05, 0) is 35.9 Å². The molecule has 1 heterocycles. The monoisotopic (exact) mass is 389 g/mol. The van der Waals surface area contributed by atoms with Gasteiger partial charge in [0.1, 0.15) is 5.75 Å². The quantitative estimate of drug-likeness (QED) is 0.700. The molecule has 0 bridgehead atoms. The summed E-state index contributed by atoms with van der Waals surface area (Å²) in [5.74, 6) is 0.373. The van der Waals surface area contributed by atoms with Crippen LogP contribution in [-0.4, -0.2) is 53.5 Å². The maximum atomic E-state index is 12.3. The predicted molar refractivity (Wildman–Crippen MR) is 117 cm³/mol. The lowest BCUT2D eigenvalue weighted by Crippen LogP contribution is -2.48. The molecule has 0 unspecified atom stereocenters. The molecule has 3 aromatic rings. The molecule has 1 saturated heterocycles. The predicted octanol–water partition coefficient (Wildman–Crippen LogP) is 3.61. The number of nitrogens with one attached hydrogen (secondary N) is 1. The maximum Gasteiger partial charge on any atom is 0.238 e. The number of piperazine rings is 1. The van der Waals surface area contributed by atoms with Crippen molar-refractivity contribution in [3.05, 3.63) is 71.8 Å². The molecule has 5 nitrogen and oxygen atoms in total. The summed E-state index contributed by atoms with van der Waals surface area (Å²) in [5.41, 5.74) is 3.00. The van der Waals surface area contributed by atoms with E-state index in [1.165, 1.54) is 5.56 Å². The topological polar surface area (TPSA) is 55.8 Å². The van der Waals surface area contributed by atoms with Crippen LogP contribution in [0.1, 0.15) is 11.1 Å². The van der Waals surface area contributed by atoms with Gasteiger partial charge >= 0.3 is 0 Å². The molecule has 1 aliphatic heterocycles. The van der Waals surface area contributed by atoms with Crippen LogP contribution < -0.4 is 5.32 Å². The Hall–Kier alpha value is -2.89. The van der Waals surface area contributed by atoms with Crippen molar-refractivity contribution in [1.82, 2.24) is 9.80 Å². The number of aryl methyl sites for hydroxylation is 1. The SMILES string of the molecule is Cc1ccc(NC(=O)CN2CCN(Cc3c(O)ccc4ccccc34)CC2)cc1. The summed E-state index contributed by atoms with van der Waals surface area (Å²) in [5, 5.41) is 15.6. The number of rotatable bonds is 5. The first-order valence-electron chi connectivity index (χ1n) is 10.1. The first-order valence-corrected chi connectivity index (χ1v) is 10.1. The van der Waals surface area contributed by atoms with Crippen LogP contribution in [0, 0.1) is 6.92 Å². The minimum absolute atomic E-state index is 0.0222. The number of phenolic OH excluding ortho intramolecular Hbond substituents is 1. The first kappa shape index (κ1) is 19.4. The van der Waals surface area contributed by atoms with E-state index in [-0.39, 0.29) is 5.91 Å². The largest absolute Gasteiger partial charge is 0.508 e. The third-order valence-corrected chi connectivity index (χ3v) is 5.57. The molecule has 3 aromatic carbocycles. The standard InChI is InChI=1S/C24H27N3O2/c1-18-6-9-20(10-7-18)25-24(29)17-27-14-12-26(13-15-27)16-22-21-5-3-2-4-19(21)8-11-23(22)28/h2-11,28H,12-17H2,1H3,(H,25,29). The number of carbonyl (C=O) groups excluding carboxylic acids is 1. The molecule has 1 fully saturated rings. The lowest BCUT2D eigenvalue weighted by atomic mass is 10.0. The average Bonchev–Trinajstić information content (AvgIpc) is 2.73. The van der Waals surface area contributed by atoms with Crippen LogP contribution in [-0.2, 0) is 11.3 Å². The molecule has 150 valence electrons. The van der Waals surface area contributed by atoms with E-state index < -0.39 is 0 Å². The highest BCUT2D eigenvalue weighted by Crippen LogP contribution is 2.28. The Kier molecular flexibility index (Phi) is 5.79. The summed E-state index contributed by atoms with van der Waals surface area (Å²) in [6.07, 6.45) is 0. The zero-order valence-electron chi connectivity index (χ0n) is 16.8. The average molecular weight is 389 g/mol. The van der Waals surface area contributed by atoms with E-state index in [4.69, 9.17) is 0 Å². The Bertz CT molecular complexity index is 993. The molecule has 0 saturated carbocycles. The number of hydrogen-bond acceptors (Lipinski definition) is 4. The molecular formula is C24H27N3O2. The van der Waals surface area contributed by atoms with Gasteiger partial charge in [0, 0.05) is 44.0 Å². The van der Waals surface area contributed by atoms with Gasteiger partial charge in [-0.2, -0.15) is 0 Å². The van der Waals surface area contributed by atoms with Crippen LogP contribution in [0.15, 0.2) is 60.7 Å². The van der Waals surface area contributed by atoms with Crippen LogP contribution in [0.2, 0.25) is 0 Å². The number of hydrogen-bond donors (Lipinski definition) is 2. The third-order valence-electron chi connectivity index (χ3n) is 5.57. The van der Waals surface area contributed by atoms with Gasteiger partial charge in [0.2, 0.25) is 5.91 Å². The summed E-state index contributed by atoms with van der Waals surface area (Å²) >= 11 is 0. The van der Waals surface area contributed by atoms with Crippen molar-refractivity contribution in [3.8, 4) is 5.75 Å². The van der Waals surface area contributed by atoms with Crippen LogP contribution in [0.5, 0.6) is 5.75 Å². The second-order valence-electron chi connectivity index (χ2n) is 7.75. The fraction of sp³-hybridized carbons (Fsp3) is 0.292. The van der Waals surface area contributed by atoms with E-state index in [2.05, 4.69) is 27.2 Å². The van der Waals surface area contributed by atoms with Gasteiger partial charge in [0.25, 0.3) is 0 Å². The number of benzene rings is 3. The van der Waals surface area contributed by atoms with E-state index in [0.717, 1.165) is 54.7 Å². The molecule has 5 heteroatoms. The molecule has 0 radical (unpaired) electrons. The van der Waals surface area contributed by atoms with E-state index in [1.54, 1.807) is 6.07 Å². The lowest BCUT2D eigenvalue weighted by molar-refractivity contribution is -0.117. The molecule has 4 rings (SSSR count). The number of anilines is 1. The molecule has 0 atom stereocenters. The van der Waals surface area contributed by atoms with Crippen molar-refractivity contribution in [3.63, 3.8) is 0 Å². The Labute approximate surface area is 171 Å². The van der Waals surface area contributed by atoms with Crippen molar-refractivity contribution in [2.45, 2.75) is 13.5 Å². The fourth-order valence-electron chi connectivity index (χ4n) is 3.86. The van der Waals surface area contributed by atoms with E-state index >= 15 is 0 Å². The Morgan fingerprint density at radius 3 is 2.38 bits per heavy atom. The van der Waals surface area contributed by atoms with Gasteiger partial charge in [-0.15, -0.1) is 0 Å². The number of nitrogens with zero attached hydrogens (tertiary/aromatic N) is 2. The Morgan fingerprint density at radius 2 is 1.62 bits per heavy atom. The van der Waals surface area contributed by atoms with Gasteiger partial charge < -0.3 is 10.4 Å². The normalized spacial score (nSPS) is 15.5. The smallest absolute Gasteiger partial charge is 0.238 e. The fourth-order valence-corrected chi connectivity index (χ4v) is 3.86. The van der Waals surface area contributed by atoms with E-state index in [9.17, 15) is 9.90 Å². The van der Waals surface area contributed by atoms with Crippen molar-refractivity contribution in [1.29, 1.82) is 0 Å². The van der Waals surface area contributed by atoms with Crippen LogP contribution in [0.3, 0.4) is 0 Å².